The van der Waals surface area contributed by atoms with Crippen LogP contribution in [0.5, 0.6) is 0 Å². The Bertz CT molecular complexity index is 435. The number of hydrogen-bond donors (Lipinski definition) is 0. The van der Waals surface area contributed by atoms with Crippen LogP contribution in [-0.4, -0.2) is 36.0 Å². The van der Waals surface area contributed by atoms with Crippen molar-refractivity contribution in [2.45, 2.75) is 42.8 Å². The summed E-state index contributed by atoms with van der Waals surface area (Å²) in [5.41, 5.74) is 0. The quantitative estimate of drug-likeness (QED) is 0.381. The summed E-state index contributed by atoms with van der Waals surface area (Å²) in [5.74, 6) is -19.4. The van der Waals surface area contributed by atoms with Crippen LogP contribution >= 0.6 is 0 Å². The number of rotatable bonds is 6. The summed E-state index contributed by atoms with van der Waals surface area (Å²) in [6, 6.07) is 0. The van der Waals surface area contributed by atoms with E-state index in [2.05, 4.69) is 0 Å². The minimum absolute atomic E-state index is 0. The zero-order valence-electron chi connectivity index (χ0n) is 10.1. The molecule has 0 unspecified atom stereocenters. The monoisotopic (exact) mass is 346 g/mol. The summed E-state index contributed by atoms with van der Waals surface area (Å²) in [5, 5.41) is -6.87. The molecule has 0 aromatic rings. The Labute approximate surface area is 130 Å². The summed E-state index contributed by atoms with van der Waals surface area (Å²) < 4.78 is 131. The van der Waals surface area contributed by atoms with Crippen LogP contribution in [0.25, 0.3) is 0 Å². The molecule has 0 saturated heterocycles. The normalized spacial score (nSPS) is 14.9. The topological polar surface area (TPSA) is 57.2 Å². The molecule has 20 heavy (non-hydrogen) atoms. The van der Waals surface area contributed by atoms with E-state index in [1.807, 2.05) is 0 Å². The molecule has 0 saturated carbocycles. The average molecular weight is 346 g/mol. The van der Waals surface area contributed by atoms with Gasteiger partial charge in [0.05, 0.1) is 0 Å². The first-order chi connectivity index (χ1) is 8.06. The van der Waals surface area contributed by atoms with E-state index in [0.29, 0.717) is 0 Å². The van der Waals surface area contributed by atoms with E-state index in [9.17, 15) is 48.1 Å². The van der Waals surface area contributed by atoms with Crippen LogP contribution in [0, 0.1) is 0 Å². The van der Waals surface area contributed by atoms with E-state index >= 15 is 0 Å². The molecule has 0 N–H and O–H groups in total. The van der Waals surface area contributed by atoms with Crippen molar-refractivity contribution >= 4 is 10.1 Å². The van der Waals surface area contributed by atoms with Gasteiger partial charge in [0.1, 0.15) is 0 Å². The molecule has 0 aliphatic heterocycles. The Kier molecular flexibility index (Phi) is 7.04. The molecule has 0 heterocycles. The number of hydrogen-bond acceptors (Lipinski definition) is 3. The Morgan fingerprint density at radius 2 is 1.25 bits per heavy atom. The molecule has 13 heteroatoms. The molecule has 0 bridgehead atoms. The molecule has 0 fully saturated rings. The van der Waals surface area contributed by atoms with Crippen molar-refractivity contribution in [2.24, 2.45) is 0 Å². The summed E-state index contributed by atoms with van der Waals surface area (Å²) in [4.78, 5) is 0. The smallest absolute Gasteiger partial charge is 0.743 e. The van der Waals surface area contributed by atoms with Crippen LogP contribution < -0.4 is 29.6 Å². The Hall–Kier alpha value is 0.350. The van der Waals surface area contributed by atoms with Gasteiger partial charge in [-0.05, 0) is 0 Å². The van der Waals surface area contributed by atoms with Crippen LogP contribution in [-0.2, 0) is 10.1 Å². The summed E-state index contributed by atoms with van der Waals surface area (Å²) in [6.07, 6.45) is -2.67. The van der Waals surface area contributed by atoms with Crippen LogP contribution in [0.2, 0.25) is 0 Å². The summed E-state index contributed by atoms with van der Waals surface area (Å²) in [6.45, 7) is 0.880. The van der Waals surface area contributed by atoms with Gasteiger partial charge in [0.25, 0.3) is 0 Å². The molecular weight excluding hydrogens is 339 g/mol. The molecule has 3 nitrogen and oxygen atoms in total. The first-order valence-electron chi connectivity index (χ1n) is 4.53. The van der Waals surface area contributed by atoms with Crippen molar-refractivity contribution < 1.29 is 77.7 Å². The molecule has 116 valence electrons. The fourth-order valence-electron chi connectivity index (χ4n) is 1.04. The second-order valence-electron chi connectivity index (χ2n) is 3.57. The molecule has 0 amide bonds. The molecular formula is C7H7F8NaO3S. The Morgan fingerprint density at radius 1 is 0.900 bits per heavy atom. The van der Waals surface area contributed by atoms with Gasteiger partial charge >= 0.3 is 52.6 Å². The third-order valence-electron chi connectivity index (χ3n) is 2.10. The van der Waals surface area contributed by atoms with Gasteiger partial charge in [-0.2, -0.15) is 35.1 Å². The Morgan fingerprint density at radius 3 is 1.50 bits per heavy atom. The van der Waals surface area contributed by atoms with E-state index in [4.69, 9.17) is 0 Å². The van der Waals surface area contributed by atoms with Gasteiger partial charge in [0.2, 0.25) is 0 Å². The third-order valence-corrected chi connectivity index (χ3v) is 2.98. The predicted molar refractivity (Wildman–Crippen MR) is 44.4 cm³/mol. The van der Waals surface area contributed by atoms with Crippen molar-refractivity contribution in [2.75, 3.05) is 0 Å². The van der Waals surface area contributed by atoms with Gasteiger partial charge in [0.15, 0.2) is 10.1 Å². The summed E-state index contributed by atoms with van der Waals surface area (Å²) in [7, 11) is -7.27. The standard InChI is InChI=1S/C7H8F8O3S.Na/c1-2-3-4(8,9)5(10,11)6(12,13)7(14,15)19(16,17)18;/h2-3H2,1H3,(H,16,17,18);/q;+1/p-1. The van der Waals surface area contributed by atoms with Crippen molar-refractivity contribution in [3.63, 3.8) is 0 Å². The van der Waals surface area contributed by atoms with Crippen LogP contribution in [0.4, 0.5) is 35.1 Å². The van der Waals surface area contributed by atoms with Gasteiger partial charge in [-0.25, -0.2) is 8.42 Å². The molecule has 0 radical (unpaired) electrons. The van der Waals surface area contributed by atoms with E-state index in [0.717, 1.165) is 6.92 Å². The molecule has 0 aliphatic carbocycles. The molecule has 0 aromatic carbocycles. The number of halogens is 8. The third kappa shape index (κ3) is 3.39. The zero-order chi connectivity index (χ0) is 15.9. The molecule has 0 rings (SSSR count). The maximum Gasteiger partial charge on any atom is 1.00 e. The van der Waals surface area contributed by atoms with Gasteiger partial charge in [-0.15, -0.1) is 0 Å². The van der Waals surface area contributed by atoms with Crippen molar-refractivity contribution in [1.82, 2.24) is 0 Å². The SMILES string of the molecule is CCCC(F)(F)C(F)(F)C(F)(F)C(F)(F)S(=O)(=O)[O-].[Na+]. The van der Waals surface area contributed by atoms with Crippen LogP contribution in [0.3, 0.4) is 0 Å². The largest absolute Gasteiger partial charge is 1.00 e. The fourth-order valence-corrected chi connectivity index (χ4v) is 1.48. The molecule has 0 atom stereocenters. The molecule has 0 aromatic heterocycles. The Balaban J connectivity index is 0. The van der Waals surface area contributed by atoms with E-state index in [-0.39, 0.29) is 29.6 Å². The zero-order valence-corrected chi connectivity index (χ0v) is 12.9. The van der Waals surface area contributed by atoms with Gasteiger partial charge in [-0.1, -0.05) is 13.3 Å². The average Bonchev–Trinajstić information content (AvgIpc) is 2.14. The predicted octanol–water partition coefficient (Wildman–Crippen LogP) is -0.166. The number of alkyl halides is 8. The minimum atomic E-state index is -7.27. The summed E-state index contributed by atoms with van der Waals surface area (Å²) >= 11 is 0. The van der Waals surface area contributed by atoms with Crippen molar-refractivity contribution in [1.29, 1.82) is 0 Å². The first-order valence-corrected chi connectivity index (χ1v) is 5.93. The first kappa shape index (κ1) is 22.6. The second kappa shape index (κ2) is 6.23. The van der Waals surface area contributed by atoms with Gasteiger partial charge in [0, 0.05) is 6.42 Å². The van der Waals surface area contributed by atoms with Gasteiger partial charge in [-0.3, -0.25) is 0 Å². The van der Waals surface area contributed by atoms with E-state index in [1.54, 1.807) is 0 Å². The minimum Gasteiger partial charge on any atom is -0.743 e. The van der Waals surface area contributed by atoms with Crippen LogP contribution in [0.1, 0.15) is 19.8 Å². The second-order valence-corrected chi connectivity index (χ2v) is 5.00. The molecule has 0 spiro atoms. The van der Waals surface area contributed by atoms with Crippen LogP contribution in [0.15, 0.2) is 0 Å². The van der Waals surface area contributed by atoms with E-state index < -0.39 is 46.0 Å². The maximum atomic E-state index is 12.8. The van der Waals surface area contributed by atoms with Gasteiger partial charge < -0.3 is 4.55 Å². The maximum absolute atomic E-state index is 12.8. The fraction of sp³-hybridized carbons (Fsp3) is 1.00. The molecule has 0 aliphatic rings. The van der Waals surface area contributed by atoms with Crippen molar-refractivity contribution in [3.8, 4) is 0 Å². The van der Waals surface area contributed by atoms with E-state index in [1.165, 1.54) is 0 Å². The van der Waals surface area contributed by atoms with Crippen molar-refractivity contribution in [3.05, 3.63) is 0 Å².